The van der Waals surface area contributed by atoms with Crippen molar-refractivity contribution in [2.75, 3.05) is 23.3 Å². The van der Waals surface area contributed by atoms with Crippen LogP contribution in [0.15, 0.2) is 72.8 Å². The average molecular weight is 574 g/mol. The van der Waals surface area contributed by atoms with E-state index in [9.17, 15) is 0 Å². The minimum Gasteiger partial charge on any atom is -0.524 e. The maximum absolute atomic E-state index is 5.82. The summed E-state index contributed by atoms with van der Waals surface area (Å²) in [6.07, 6.45) is 0.163. The van der Waals surface area contributed by atoms with Crippen molar-refractivity contribution >= 4 is 35.4 Å². The number of hydrogen-bond donors (Lipinski definition) is 1. The summed E-state index contributed by atoms with van der Waals surface area (Å²) in [4.78, 5) is 2.04. The maximum atomic E-state index is 5.82. The van der Waals surface area contributed by atoms with Crippen molar-refractivity contribution in [1.82, 2.24) is 0 Å². The fourth-order valence-electron chi connectivity index (χ4n) is 3.14. The Morgan fingerprint density at radius 3 is 2.18 bits per heavy atom. The molecule has 0 bridgehead atoms. The van der Waals surface area contributed by atoms with E-state index in [4.69, 9.17) is 24.1 Å². The van der Waals surface area contributed by atoms with E-state index < -0.39 is 13.5 Å². The van der Waals surface area contributed by atoms with Gasteiger partial charge >= 0.3 is 97.8 Å². The van der Waals surface area contributed by atoms with Gasteiger partial charge in [0.15, 0.2) is 0 Å². The maximum Gasteiger partial charge on any atom is 0.0370 e. The summed E-state index contributed by atoms with van der Waals surface area (Å²) in [6, 6.07) is 24.4. The van der Waals surface area contributed by atoms with Gasteiger partial charge in [0.05, 0.1) is 0 Å². The van der Waals surface area contributed by atoms with Gasteiger partial charge in [0.25, 0.3) is 0 Å². The van der Waals surface area contributed by atoms with E-state index in [1.807, 2.05) is 47.6 Å². The van der Waals surface area contributed by atoms with Gasteiger partial charge in [0.1, 0.15) is 0 Å². The van der Waals surface area contributed by atoms with Crippen molar-refractivity contribution in [1.29, 1.82) is 0 Å². The molecule has 3 rings (SSSR count). The van der Waals surface area contributed by atoms with Crippen LogP contribution in [0.2, 0.25) is 0 Å². The van der Waals surface area contributed by atoms with Gasteiger partial charge in [-0.3, -0.25) is 7.05 Å². The molecule has 33 heavy (non-hydrogen) atoms. The van der Waals surface area contributed by atoms with Gasteiger partial charge in [-0.25, -0.2) is 0 Å². The van der Waals surface area contributed by atoms with Crippen LogP contribution >= 0.6 is 19.4 Å². The van der Waals surface area contributed by atoms with Gasteiger partial charge in [-0.1, -0.05) is 36.4 Å². The van der Waals surface area contributed by atoms with Crippen molar-refractivity contribution in [3.8, 4) is 5.75 Å². The average Bonchev–Trinajstić information content (AvgIpc) is 2.76. The third kappa shape index (κ3) is 9.88. The minimum absolute atomic E-state index is 0.163. The van der Waals surface area contributed by atoms with Gasteiger partial charge in [0, 0.05) is 24.5 Å². The number of anilines is 2. The summed E-state index contributed by atoms with van der Waals surface area (Å²) in [5, 5.41) is 3.45. The van der Waals surface area contributed by atoms with Crippen molar-refractivity contribution < 1.29 is 18.3 Å². The first-order valence-electron chi connectivity index (χ1n) is 10.8. The Balaban J connectivity index is 0.000000245. The van der Waals surface area contributed by atoms with Crippen molar-refractivity contribution in [2.24, 2.45) is 0 Å². The van der Waals surface area contributed by atoms with E-state index in [1.54, 1.807) is 0 Å². The van der Waals surface area contributed by atoms with E-state index in [0.29, 0.717) is 0 Å². The van der Waals surface area contributed by atoms with Crippen molar-refractivity contribution in [2.45, 2.75) is 33.8 Å². The molecule has 1 N–H and O–H groups in total. The summed E-state index contributed by atoms with van der Waals surface area (Å²) in [7, 11) is 15.8. The molecule has 0 heterocycles. The summed E-state index contributed by atoms with van der Waals surface area (Å²) in [5.74, 6) is 0.850. The van der Waals surface area contributed by atoms with E-state index >= 15 is 0 Å². The molecule has 0 aromatic heterocycles. The summed E-state index contributed by atoms with van der Waals surface area (Å²) in [5.41, 5.74) is 5.90. The zero-order chi connectivity index (χ0) is 24.2. The van der Waals surface area contributed by atoms with Crippen molar-refractivity contribution in [3.05, 3.63) is 96.5 Å². The first-order chi connectivity index (χ1) is 15.8. The molecule has 0 aliphatic carbocycles. The third-order valence-electron chi connectivity index (χ3n) is 4.77. The summed E-state index contributed by atoms with van der Waals surface area (Å²) >= 11 is -1.77. The molecule has 0 atom stereocenters. The quantitative estimate of drug-likeness (QED) is 0.222. The molecule has 6 heteroatoms. The van der Waals surface area contributed by atoms with E-state index in [2.05, 4.69) is 74.7 Å². The number of halogens is 2. The van der Waals surface area contributed by atoms with Crippen LogP contribution in [0.3, 0.4) is 0 Å². The summed E-state index contributed by atoms with van der Waals surface area (Å²) in [6.45, 7) is 9.97. The SMILES string of the molecule is CC(C)Oc1ccccc1[CH]=[Ru]([Cl])[Cl].[CH2-]N(CCNc1ccccc1C)c1ccccc1C. The van der Waals surface area contributed by atoms with Gasteiger partial charge in [-0.15, -0.1) is 0 Å². The Morgan fingerprint density at radius 2 is 1.55 bits per heavy atom. The largest absolute Gasteiger partial charge is 0.524 e. The van der Waals surface area contributed by atoms with Crippen molar-refractivity contribution in [3.63, 3.8) is 0 Å². The smallest absolute Gasteiger partial charge is 0.0370 e. The Labute approximate surface area is 212 Å². The molecular formula is C27H33Cl2N2ORu-. The minimum atomic E-state index is -1.77. The molecule has 0 radical (unpaired) electrons. The fraction of sp³-hybridized carbons (Fsp3) is 0.259. The number of aryl methyl sites for hydroxylation is 2. The van der Waals surface area contributed by atoms with Crippen LogP contribution in [0.5, 0.6) is 5.75 Å². The Kier molecular flexibility index (Phi) is 12.0. The number of hydrogen-bond acceptors (Lipinski definition) is 3. The number of benzene rings is 3. The molecular weight excluding hydrogens is 540 g/mol. The molecule has 180 valence electrons. The molecule has 0 spiro atoms. The molecule has 0 aliphatic heterocycles. The second kappa shape index (κ2) is 14.4. The van der Waals surface area contributed by atoms with Crippen LogP contribution in [0.4, 0.5) is 11.4 Å². The summed E-state index contributed by atoms with van der Waals surface area (Å²) < 4.78 is 7.51. The van der Waals surface area contributed by atoms with E-state index in [1.165, 1.54) is 22.5 Å². The number of ether oxygens (including phenoxy) is 1. The molecule has 0 amide bonds. The molecule has 0 aliphatic rings. The zero-order valence-electron chi connectivity index (χ0n) is 19.7. The van der Waals surface area contributed by atoms with Gasteiger partial charge in [0.2, 0.25) is 0 Å². The predicted molar refractivity (Wildman–Crippen MR) is 143 cm³/mol. The first-order valence-corrected chi connectivity index (χ1v) is 16.3. The second-order valence-electron chi connectivity index (χ2n) is 7.80. The standard InChI is InChI=1S/C17H21N2.C10H12O.2ClH.Ru/c1-14-8-4-6-10-16(14)18-12-13-19(3)17-11-7-5-9-15(17)2;1-8(2)11-10-7-5-4-6-9(10)3;;;/h4-11,18H,3,12-13H2,1-2H3;3-8H,1-2H3;2*1H;/q-1;;;;+2/p-2. The van der Waals surface area contributed by atoms with Crippen LogP contribution in [-0.2, 0) is 13.5 Å². The molecule has 3 nitrogen and oxygen atoms in total. The zero-order valence-corrected chi connectivity index (χ0v) is 22.9. The Hall–Kier alpha value is -1.87. The van der Waals surface area contributed by atoms with Crippen LogP contribution in [0, 0.1) is 20.9 Å². The van der Waals surface area contributed by atoms with Gasteiger partial charge in [-0.2, -0.15) is 0 Å². The first kappa shape index (κ1) is 27.4. The molecule has 0 saturated heterocycles. The van der Waals surface area contributed by atoms with E-state index in [0.717, 1.165) is 24.4 Å². The van der Waals surface area contributed by atoms with Crippen LogP contribution in [0.25, 0.3) is 0 Å². The molecule has 0 saturated carbocycles. The molecule has 0 fully saturated rings. The monoisotopic (exact) mass is 573 g/mol. The molecule has 0 unspecified atom stereocenters. The van der Waals surface area contributed by atoms with Crippen LogP contribution in [0.1, 0.15) is 30.5 Å². The molecule has 3 aromatic rings. The topological polar surface area (TPSA) is 24.5 Å². The third-order valence-corrected chi connectivity index (χ3v) is 6.60. The number of para-hydroxylation sites is 3. The fourth-order valence-corrected chi connectivity index (χ4v) is 4.95. The Morgan fingerprint density at radius 1 is 0.939 bits per heavy atom. The number of nitrogens with one attached hydrogen (secondary N) is 1. The predicted octanol–water partition coefficient (Wildman–Crippen LogP) is 7.56. The number of rotatable bonds is 8. The number of nitrogens with zero attached hydrogens (tertiary/aromatic N) is 1. The van der Waals surface area contributed by atoms with E-state index in [-0.39, 0.29) is 6.10 Å². The second-order valence-corrected chi connectivity index (χ2v) is 13.5. The van der Waals surface area contributed by atoms with Gasteiger partial charge in [-0.05, 0) is 37.1 Å². The Bertz CT molecular complexity index is 1040. The molecule has 3 aromatic carbocycles. The van der Waals surface area contributed by atoms with Gasteiger partial charge < -0.3 is 10.2 Å². The normalized spacial score (nSPS) is 10.7. The van der Waals surface area contributed by atoms with Crippen LogP contribution in [-0.4, -0.2) is 23.8 Å². The van der Waals surface area contributed by atoms with Crippen LogP contribution < -0.4 is 15.0 Å².